The molecule has 0 atom stereocenters. The normalized spacial score (nSPS) is 11.0. The second kappa shape index (κ2) is 7.47. The van der Waals surface area contributed by atoms with Crippen LogP contribution in [0, 0.1) is 12.7 Å². The Labute approximate surface area is 151 Å². The van der Waals surface area contributed by atoms with Crippen molar-refractivity contribution in [3.8, 4) is 5.69 Å². The third kappa shape index (κ3) is 3.64. The lowest BCUT2D eigenvalue weighted by Gasteiger charge is -2.13. The van der Waals surface area contributed by atoms with Gasteiger partial charge in [0.25, 0.3) is 5.91 Å². The quantitative estimate of drug-likeness (QED) is 0.760. The van der Waals surface area contributed by atoms with Crippen molar-refractivity contribution in [1.82, 2.24) is 20.1 Å². The second-order valence-electron chi connectivity index (χ2n) is 6.43. The Bertz CT molecular complexity index is 902. The van der Waals surface area contributed by atoms with Gasteiger partial charge in [0.15, 0.2) is 0 Å². The van der Waals surface area contributed by atoms with Crippen LogP contribution in [0.1, 0.15) is 47.1 Å². The van der Waals surface area contributed by atoms with Crippen LogP contribution in [0.15, 0.2) is 48.8 Å². The van der Waals surface area contributed by atoms with Gasteiger partial charge in [0, 0.05) is 18.9 Å². The maximum absolute atomic E-state index is 13.2. The molecule has 2 heterocycles. The largest absolute Gasteiger partial charge is 0.348 e. The molecule has 6 heteroatoms. The van der Waals surface area contributed by atoms with Crippen LogP contribution in [0.2, 0.25) is 0 Å². The topological polar surface area (TPSA) is 59.8 Å². The fraction of sp³-hybridized carbons (Fsp3) is 0.250. The predicted molar refractivity (Wildman–Crippen MR) is 97.8 cm³/mol. The number of hydrogen-bond acceptors (Lipinski definition) is 3. The molecule has 3 rings (SSSR count). The molecule has 0 aliphatic carbocycles. The molecule has 0 bridgehead atoms. The van der Waals surface area contributed by atoms with Gasteiger partial charge in [-0.25, -0.2) is 9.07 Å². The van der Waals surface area contributed by atoms with Gasteiger partial charge in [-0.1, -0.05) is 19.9 Å². The third-order valence-corrected chi connectivity index (χ3v) is 4.12. The molecule has 0 saturated heterocycles. The van der Waals surface area contributed by atoms with Gasteiger partial charge in [0.05, 0.1) is 22.6 Å². The summed E-state index contributed by atoms with van der Waals surface area (Å²) in [6, 6.07) is 9.83. The lowest BCUT2D eigenvalue weighted by molar-refractivity contribution is 0.0949. The van der Waals surface area contributed by atoms with E-state index in [4.69, 9.17) is 0 Å². The standard InChI is InChI=1S/C20H21FN4O/c1-13(2)19-18(20(26)23-12-15-5-4-10-22-11-15)14(3)24-25(19)17-8-6-16(21)7-9-17/h4-11,13H,12H2,1-3H3,(H,23,26). The molecule has 0 aliphatic heterocycles. The number of aromatic nitrogens is 3. The molecule has 0 fully saturated rings. The maximum atomic E-state index is 13.2. The van der Waals surface area contributed by atoms with Gasteiger partial charge in [-0.2, -0.15) is 5.10 Å². The number of nitrogens with zero attached hydrogens (tertiary/aromatic N) is 3. The first kappa shape index (κ1) is 17.8. The van der Waals surface area contributed by atoms with Crippen LogP contribution in [0.4, 0.5) is 4.39 Å². The van der Waals surface area contributed by atoms with E-state index in [1.165, 1.54) is 12.1 Å². The molecule has 0 unspecified atom stereocenters. The van der Waals surface area contributed by atoms with Gasteiger partial charge in [0.2, 0.25) is 0 Å². The molecular formula is C20H21FN4O. The fourth-order valence-corrected chi connectivity index (χ4v) is 2.91. The Kier molecular flexibility index (Phi) is 5.11. The molecule has 1 aromatic carbocycles. The zero-order valence-electron chi connectivity index (χ0n) is 15.0. The molecule has 1 amide bonds. The summed E-state index contributed by atoms with van der Waals surface area (Å²) in [6.07, 6.45) is 3.41. The van der Waals surface area contributed by atoms with Crippen LogP contribution < -0.4 is 5.32 Å². The van der Waals surface area contributed by atoms with Crippen LogP contribution in [0.3, 0.4) is 0 Å². The Hall–Kier alpha value is -3.02. The van der Waals surface area contributed by atoms with Crippen LogP contribution in [-0.4, -0.2) is 20.7 Å². The van der Waals surface area contributed by atoms with Crippen molar-refractivity contribution in [3.05, 3.63) is 77.1 Å². The van der Waals surface area contributed by atoms with Crippen LogP contribution in [0.25, 0.3) is 5.69 Å². The number of amides is 1. The molecule has 0 aliphatic rings. The maximum Gasteiger partial charge on any atom is 0.255 e. The van der Waals surface area contributed by atoms with Crippen molar-refractivity contribution in [2.45, 2.75) is 33.2 Å². The number of aryl methyl sites for hydroxylation is 1. The lowest BCUT2D eigenvalue weighted by Crippen LogP contribution is -2.25. The summed E-state index contributed by atoms with van der Waals surface area (Å²) < 4.78 is 15.0. The number of pyridine rings is 1. The first-order chi connectivity index (χ1) is 12.5. The van der Waals surface area contributed by atoms with Gasteiger partial charge < -0.3 is 5.32 Å². The van der Waals surface area contributed by atoms with E-state index >= 15 is 0 Å². The van der Waals surface area contributed by atoms with E-state index in [0.29, 0.717) is 17.8 Å². The average molecular weight is 352 g/mol. The molecule has 5 nitrogen and oxygen atoms in total. The summed E-state index contributed by atoms with van der Waals surface area (Å²) in [5, 5.41) is 7.46. The van der Waals surface area contributed by atoms with E-state index < -0.39 is 0 Å². The fourth-order valence-electron chi connectivity index (χ4n) is 2.91. The third-order valence-electron chi connectivity index (χ3n) is 4.12. The number of benzene rings is 1. The number of nitrogens with one attached hydrogen (secondary N) is 1. The molecule has 134 valence electrons. The van der Waals surface area contributed by atoms with Crippen LogP contribution in [0.5, 0.6) is 0 Å². The number of halogens is 1. The zero-order chi connectivity index (χ0) is 18.7. The molecule has 0 radical (unpaired) electrons. The molecule has 0 saturated carbocycles. The smallest absolute Gasteiger partial charge is 0.255 e. The van der Waals surface area contributed by atoms with Crippen molar-refractivity contribution < 1.29 is 9.18 Å². The van der Waals surface area contributed by atoms with E-state index in [-0.39, 0.29) is 17.6 Å². The minimum atomic E-state index is -0.307. The minimum absolute atomic E-state index is 0.0698. The van der Waals surface area contributed by atoms with Gasteiger partial charge in [-0.3, -0.25) is 9.78 Å². The number of carbonyl (C=O) groups excluding carboxylic acids is 1. The molecule has 26 heavy (non-hydrogen) atoms. The minimum Gasteiger partial charge on any atom is -0.348 e. The molecule has 0 spiro atoms. The highest BCUT2D eigenvalue weighted by atomic mass is 19.1. The molecule has 3 aromatic rings. The van der Waals surface area contributed by atoms with Crippen molar-refractivity contribution in [2.75, 3.05) is 0 Å². The van der Waals surface area contributed by atoms with Gasteiger partial charge >= 0.3 is 0 Å². The van der Waals surface area contributed by atoms with Gasteiger partial charge in [-0.05, 0) is 48.7 Å². The Morgan fingerprint density at radius 1 is 1.23 bits per heavy atom. The summed E-state index contributed by atoms with van der Waals surface area (Å²) in [5.74, 6) is -0.415. The van der Waals surface area contributed by atoms with E-state index in [1.54, 1.807) is 29.2 Å². The summed E-state index contributed by atoms with van der Waals surface area (Å²) in [4.78, 5) is 16.9. The monoisotopic (exact) mass is 352 g/mol. The first-order valence-electron chi connectivity index (χ1n) is 8.50. The molecular weight excluding hydrogens is 331 g/mol. The summed E-state index contributed by atoms with van der Waals surface area (Å²) >= 11 is 0. The molecule has 1 N–H and O–H groups in total. The van der Waals surface area contributed by atoms with Crippen LogP contribution in [-0.2, 0) is 6.54 Å². The Morgan fingerprint density at radius 2 is 1.96 bits per heavy atom. The number of rotatable bonds is 5. The predicted octanol–water partition coefficient (Wildman–Crippen LogP) is 3.77. The van der Waals surface area contributed by atoms with Gasteiger partial charge in [0.1, 0.15) is 5.82 Å². The summed E-state index contributed by atoms with van der Waals surface area (Å²) in [6.45, 7) is 6.22. The van der Waals surface area contributed by atoms with Crippen molar-refractivity contribution in [3.63, 3.8) is 0 Å². The summed E-state index contributed by atoms with van der Waals surface area (Å²) in [5.41, 5.74) is 3.66. The second-order valence-corrected chi connectivity index (χ2v) is 6.43. The highest BCUT2D eigenvalue weighted by Gasteiger charge is 2.24. The van der Waals surface area contributed by atoms with E-state index in [0.717, 1.165) is 16.9 Å². The SMILES string of the molecule is Cc1nn(-c2ccc(F)cc2)c(C(C)C)c1C(=O)NCc1cccnc1. The lowest BCUT2D eigenvalue weighted by atomic mass is 10.0. The Morgan fingerprint density at radius 3 is 2.58 bits per heavy atom. The average Bonchev–Trinajstić information content (AvgIpc) is 2.99. The van der Waals surface area contributed by atoms with Gasteiger partial charge in [-0.15, -0.1) is 0 Å². The highest BCUT2D eigenvalue weighted by Crippen LogP contribution is 2.26. The number of carbonyl (C=O) groups is 1. The van der Waals surface area contributed by atoms with Crippen molar-refractivity contribution in [2.24, 2.45) is 0 Å². The van der Waals surface area contributed by atoms with Crippen LogP contribution >= 0.6 is 0 Å². The molecule has 2 aromatic heterocycles. The van der Waals surface area contributed by atoms with E-state index in [1.807, 2.05) is 32.9 Å². The number of hydrogen-bond donors (Lipinski definition) is 1. The van der Waals surface area contributed by atoms with Crippen molar-refractivity contribution >= 4 is 5.91 Å². The van der Waals surface area contributed by atoms with E-state index in [2.05, 4.69) is 15.4 Å². The summed E-state index contributed by atoms with van der Waals surface area (Å²) in [7, 11) is 0. The van der Waals surface area contributed by atoms with Crippen molar-refractivity contribution in [1.29, 1.82) is 0 Å². The zero-order valence-corrected chi connectivity index (χ0v) is 15.0. The van der Waals surface area contributed by atoms with E-state index in [9.17, 15) is 9.18 Å². The Balaban J connectivity index is 1.93. The highest BCUT2D eigenvalue weighted by molar-refractivity contribution is 5.96. The first-order valence-corrected chi connectivity index (χ1v) is 8.50.